The number of hydrogen-bond acceptors (Lipinski definition) is 6. The van der Waals surface area contributed by atoms with Crippen LogP contribution in [-0.2, 0) is 11.3 Å². The molecule has 130 valence electrons. The molecule has 1 aromatic carbocycles. The number of halogens is 1. The minimum absolute atomic E-state index is 0.134. The normalized spacial score (nSPS) is 10.6. The van der Waals surface area contributed by atoms with Crippen molar-refractivity contribution in [3.05, 3.63) is 48.0 Å². The molecule has 0 saturated heterocycles. The first-order valence-corrected chi connectivity index (χ1v) is 7.65. The summed E-state index contributed by atoms with van der Waals surface area (Å²) in [7, 11) is 0. The Morgan fingerprint density at radius 2 is 1.96 bits per heavy atom. The van der Waals surface area contributed by atoms with Crippen molar-refractivity contribution in [2.75, 3.05) is 13.2 Å². The molecule has 1 N–H and O–H groups in total. The largest absolute Gasteiger partial charge is 0.484 e. The SMILES string of the molecule is CCOc1ccc2nnc(CNC(=O)COc3ccc(F)cc3)n2n1. The third kappa shape index (κ3) is 4.19. The van der Waals surface area contributed by atoms with E-state index in [1.807, 2.05) is 6.92 Å². The molecule has 1 amide bonds. The van der Waals surface area contributed by atoms with Crippen LogP contribution in [0.1, 0.15) is 12.7 Å². The van der Waals surface area contributed by atoms with Gasteiger partial charge in [0.05, 0.1) is 13.2 Å². The highest BCUT2D eigenvalue weighted by atomic mass is 19.1. The average molecular weight is 345 g/mol. The van der Waals surface area contributed by atoms with Gasteiger partial charge in [0.2, 0.25) is 5.88 Å². The number of rotatable bonds is 7. The van der Waals surface area contributed by atoms with Gasteiger partial charge in [0.25, 0.3) is 5.91 Å². The molecule has 0 unspecified atom stereocenters. The Morgan fingerprint density at radius 1 is 1.16 bits per heavy atom. The third-order valence-electron chi connectivity index (χ3n) is 3.22. The summed E-state index contributed by atoms with van der Waals surface area (Å²) in [4.78, 5) is 11.9. The molecule has 9 heteroatoms. The van der Waals surface area contributed by atoms with Crippen LogP contribution in [0.5, 0.6) is 11.6 Å². The molecule has 0 bridgehead atoms. The molecule has 8 nitrogen and oxygen atoms in total. The molecule has 0 radical (unpaired) electrons. The number of nitrogens with zero attached hydrogens (tertiary/aromatic N) is 4. The van der Waals surface area contributed by atoms with Crippen LogP contribution in [0.3, 0.4) is 0 Å². The maximum Gasteiger partial charge on any atom is 0.258 e. The smallest absolute Gasteiger partial charge is 0.258 e. The molecule has 0 fully saturated rings. The van der Waals surface area contributed by atoms with Crippen LogP contribution in [-0.4, -0.2) is 38.9 Å². The molecule has 25 heavy (non-hydrogen) atoms. The summed E-state index contributed by atoms with van der Waals surface area (Å²) in [6, 6.07) is 8.86. The first-order valence-electron chi connectivity index (χ1n) is 7.65. The highest BCUT2D eigenvalue weighted by Crippen LogP contribution is 2.11. The lowest BCUT2D eigenvalue weighted by atomic mass is 10.3. The first kappa shape index (κ1) is 16.6. The van der Waals surface area contributed by atoms with E-state index >= 15 is 0 Å². The molecule has 3 aromatic rings. The van der Waals surface area contributed by atoms with Gasteiger partial charge in [0.1, 0.15) is 11.6 Å². The topological polar surface area (TPSA) is 90.6 Å². The molecule has 0 aliphatic heterocycles. The molecular formula is C16H16FN5O3. The predicted molar refractivity (Wildman–Crippen MR) is 85.7 cm³/mol. The van der Waals surface area contributed by atoms with E-state index in [4.69, 9.17) is 9.47 Å². The number of carbonyl (C=O) groups is 1. The lowest BCUT2D eigenvalue weighted by molar-refractivity contribution is -0.123. The van der Waals surface area contributed by atoms with Crippen LogP contribution in [0.4, 0.5) is 4.39 Å². The van der Waals surface area contributed by atoms with E-state index in [1.54, 1.807) is 12.1 Å². The molecule has 2 heterocycles. The van der Waals surface area contributed by atoms with Gasteiger partial charge in [-0.15, -0.1) is 15.3 Å². The predicted octanol–water partition coefficient (Wildman–Crippen LogP) is 1.36. The Hall–Kier alpha value is -3.23. The number of nitrogens with one attached hydrogen (secondary N) is 1. The summed E-state index contributed by atoms with van der Waals surface area (Å²) in [6.07, 6.45) is 0. The maximum absolute atomic E-state index is 12.8. The van der Waals surface area contributed by atoms with Crippen molar-refractivity contribution in [2.45, 2.75) is 13.5 Å². The van der Waals surface area contributed by atoms with Crippen molar-refractivity contribution in [3.63, 3.8) is 0 Å². The number of benzene rings is 1. The summed E-state index contributed by atoms with van der Waals surface area (Å²) in [5, 5.41) is 14.9. The molecule has 0 atom stereocenters. The summed E-state index contributed by atoms with van der Waals surface area (Å²) >= 11 is 0. The van der Waals surface area contributed by atoms with Crippen molar-refractivity contribution < 1.29 is 18.7 Å². The van der Waals surface area contributed by atoms with E-state index in [2.05, 4.69) is 20.6 Å². The molecule has 0 aliphatic rings. The average Bonchev–Trinajstić information content (AvgIpc) is 3.02. The van der Waals surface area contributed by atoms with Gasteiger partial charge in [-0.25, -0.2) is 4.39 Å². The zero-order valence-electron chi connectivity index (χ0n) is 13.5. The maximum atomic E-state index is 12.8. The lowest BCUT2D eigenvalue weighted by Gasteiger charge is -2.07. The van der Waals surface area contributed by atoms with Gasteiger partial charge in [-0.3, -0.25) is 4.79 Å². The number of ether oxygens (including phenoxy) is 2. The monoisotopic (exact) mass is 345 g/mol. The number of carbonyl (C=O) groups excluding carboxylic acids is 1. The summed E-state index contributed by atoms with van der Waals surface area (Å²) in [5.74, 6) is 0.609. The van der Waals surface area contributed by atoms with Gasteiger partial charge in [-0.05, 0) is 37.3 Å². The van der Waals surface area contributed by atoms with Crippen molar-refractivity contribution in [3.8, 4) is 11.6 Å². The van der Waals surface area contributed by atoms with Gasteiger partial charge in [-0.1, -0.05) is 0 Å². The van der Waals surface area contributed by atoms with E-state index in [0.29, 0.717) is 29.7 Å². The van der Waals surface area contributed by atoms with Crippen LogP contribution in [0, 0.1) is 5.82 Å². The van der Waals surface area contributed by atoms with Crippen LogP contribution >= 0.6 is 0 Å². The Labute approximate surface area is 142 Å². The van der Waals surface area contributed by atoms with Gasteiger partial charge in [0, 0.05) is 6.07 Å². The third-order valence-corrected chi connectivity index (χ3v) is 3.22. The van der Waals surface area contributed by atoms with Gasteiger partial charge in [-0.2, -0.15) is 4.52 Å². The number of amides is 1. The molecule has 0 spiro atoms. The minimum atomic E-state index is -0.366. The zero-order chi connectivity index (χ0) is 17.6. The van der Waals surface area contributed by atoms with Crippen molar-refractivity contribution >= 4 is 11.6 Å². The molecular weight excluding hydrogens is 329 g/mol. The van der Waals surface area contributed by atoms with Gasteiger partial charge < -0.3 is 14.8 Å². The summed E-state index contributed by atoms with van der Waals surface area (Å²) in [5.41, 5.74) is 0.551. The molecule has 0 aliphatic carbocycles. The van der Waals surface area contributed by atoms with Crippen LogP contribution in [0.2, 0.25) is 0 Å². The van der Waals surface area contributed by atoms with E-state index in [1.165, 1.54) is 28.8 Å². The van der Waals surface area contributed by atoms with Crippen molar-refractivity contribution in [2.24, 2.45) is 0 Å². The Kier molecular flexibility index (Phi) is 5.03. The van der Waals surface area contributed by atoms with E-state index < -0.39 is 0 Å². The van der Waals surface area contributed by atoms with E-state index in [9.17, 15) is 9.18 Å². The van der Waals surface area contributed by atoms with Gasteiger partial charge in [0.15, 0.2) is 18.1 Å². The van der Waals surface area contributed by atoms with Crippen LogP contribution < -0.4 is 14.8 Å². The second-order valence-electron chi connectivity index (χ2n) is 5.01. The molecule has 0 saturated carbocycles. The number of fused-ring (bicyclic) bond motifs is 1. The fourth-order valence-corrected chi connectivity index (χ4v) is 2.06. The summed E-state index contributed by atoms with van der Waals surface area (Å²) < 4.78 is 24.9. The standard InChI is InChI=1S/C16H16FN5O3/c1-2-24-16-8-7-13-19-20-14(22(13)21-16)9-18-15(23)10-25-12-5-3-11(17)4-6-12/h3-8H,2,9-10H2,1H3,(H,18,23). The van der Waals surface area contributed by atoms with E-state index in [0.717, 1.165) is 0 Å². The highest BCUT2D eigenvalue weighted by molar-refractivity contribution is 5.77. The minimum Gasteiger partial charge on any atom is -0.484 e. The lowest BCUT2D eigenvalue weighted by Crippen LogP contribution is -2.29. The van der Waals surface area contributed by atoms with Crippen LogP contribution in [0.25, 0.3) is 5.65 Å². The summed E-state index contributed by atoms with van der Waals surface area (Å²) in [6.45, 7) is 2.29. The molecule has 2 aromatic heterocycles. The van der Waals surface area contributed by atoms with Crippen molar-refractivity contribution in [1.82, 2.24) is 25.1 Å². The molecule has 3 rings (SSSR count). The fourth-order valence-electron chi connectivity index (χ4n) is 2.06. The number of aromatic nitrogens is 4. The first-order chi connectivity index (χ1) is 12.2. The zero-order valence-corrected chi connectivity index (χ0v) is 13.5. The van der Waals surface area contributed by atoms with Gasteiger partial charge >= 0.3 is 0 Å². The second kappa shape index (κ2) is 7.56. The van der Waals surface area contributed by atoms with Crippen molar-refractivity contribution in [1.29, 1.82) is 0 Å². The Morgan fingerprint density at radius 3 is 2.72 bits per heavy atom. The second-order valence-corrected chi connectivity index (χ2v) is 5.01. The highest BCUT2D eigenvalue weighted by Gasteiger charge is 2.10. The quantitative estimate of drug-likeness (QED) is 0.695. The Balaban J connectivity index is 1.57. The van der Waals surface area contributed by atoms with E-state index in [-0.39, 0.29) is 24.9 Å². The Bertz CT molecular complexity index is 866. The van der Waals surface area contributed by atoms with Crippen LogP contribution in [0.15, 0.2) is 36.4 Å². The number of hydrogen-bond donors (Lipinski definition) is 1. The fraction of sp³-hybridized carbons (Fsp3) is 0.250.